The second kappa shape index (κ2) is 9.17. The molecule has 2 N–H and O–H groups in total. The minimum Gasteiger partial charge on any atom is -0.340 e. The van der Waals surface area contributed by atoms with Gasteiger partial charge in [0.1, 0.15) is 11.9 Å². The Morgan fingerprint density at radius 3 is 2.35 bits per heavy atom. The van der Waals surface area contributed by atoms with Gasteiger partial charge in [0.15, 0.2) is 0 Å². The molecule has 0 saturated heterocycles. The molecule has 2 amide bonds. The molecule has 4 aromatic rings. The predicted octanol–water partition coefficient (Wildman–Crippen LogP) is 4.35. The number of hydrogen-bond donors (Lipinski definition) is 2. The molecule has 0 saturated carbocycles. The van der Waals surface area contributed by atoms with Crippen molar-refractivity contribution in [3.63, 3.8) is 0 Å². The van der Waals surface area contributed by atoms with E-state index in [1.807, 2.05) is 36.4 Å². The van der Waals surface area contributed by atoms with Crippen LogP contribution in [0.2, 0.25) is 0 Å². The van der Waals surface area contributed by atoms with E-state index in [1.165, 1.54) is 12.1 Å². The van der Waals surface area contributed by atoms with Gasteiger partial charge in [0, 0.05) is 29.6 Å². The molecule has 31 heavy (non-hydrogen) atoms. The Hall–Kier alpha value is -4.06. The highest BCUT2D eigenvalue weighted by Gasteiger charge is 2.23. The van der Waals surface area contributed by atoms with Crippen molar-refractivity contribution in [1.82, 2.24) is 10.3 Å². The van der Waals surface area contributed by atoms with Crippen LogP contribution in [0.3, 0.4) is 0 Å². The van der Waals surface area contributed by atoms with Crippen LogP contribution in [0.5, 0.6) is 0 Å². The molecule has 0 spiro atoms. The number of pyridine rings is 1. The van der Waals surface area contributed by atoms with E-state index >= 15 is 0 Å². The van der Waals surface area contributed by atoms with Gasteiger partial charge in [0.05, 0.1) is 11.2 Å². The van der Waals surface area contributed by atoms with Crippen LogP contribution in [0.4, 0.5) is 10.1 Å². The largest absolute Gasteiger partial charge is 0.340 e. The molecule has 5 nitrogen and oxygen atoms in total. The summed E-state index contributed by atoms with van der Waals surface area (Å²) in [7, 11) is 0. The van der Waals surface area contributed by atoms with E-state index < -0.39 is 17.8 Å². The van der Waals surface area contributed by atoms with Crippen molar-refractivity contribution < 1.29 is 14.0 Å². The third kappa shape index (κ3) is 4.93. The van der Waals surface area contributed by atoms with Gasteiger partial charge in [-0.05, 0) is 35.9 Å². The van der Waals surface area contributed by atoms with E-state index in [0.717, 1.165) is 5.56 Å². The molecule has 0 aliphatic rings. The third-order valence-corrected chi connectivity index (χ3v) is 4.88. The summed E-state index contributed by atoms with van der Waals surface area (Å²) in [6.07, 6.45) is 1.85. The minimum absolute atomic E-state index is 0.288. The van der Waals surface area contributed by atoms with Crippen molar-refractivity contribution >= 4 is 28.4 Å². The first kappa shape index (κ1) is 20.2. The smallest absolute Gasteiger partial charge is 0.251 e. The Morgan fingerprint density at radius 1 is 0.903 bits per heavy atom. The Kier molecular flexibility index (Phi) is 5.98. The van der Waals surface area contributed by atoms with Gasteiger partial charge in [-0.1, -0.05) is 48.5 Å². The molecule has 154 valence electrons. The van der Waals surface area contributed by atoms with Crippen LogP contribution >= 0.6 is 0 Å². The fraction of sp³-hybridized carbons (Fsp3) is 0.0800. The van der Waals surface area contributed by atoms with E-state index in [9.17, 15) is 14.0 Å². The normalized spacial score (nSPS) is 11.6. The number of benzene rings is 3. The lowest BCUT2D eigenvalue weighted by molar-refractivity contribution is -0.118. The highest BCUT2D eigenvalue weighted by Crippen LogP contribution is 2.24. The lowest BCUT2D eigenvalue weighted by Gasteiger charge is -2.19. The van der Waals surface area contributed by atoms with E-state index in [-0.39, 0.29) is 12.3 Å². The van der Waals surface area contributed by atoms with Crippen LogP contribution in [0.15, 0.2) is 91.1 Å². The predicted molar refractivity (Wildman–Crippen MR) is 118 cm³/mol. The number of amides is 2. The maximum absolute atomic E-state index is 14.1. The second-order valence-electron chi connectivity index (χ2n) is 7.09. The van der Waals surface area contributed by atoms with E-state index in [0.29, 0.717) is 22.2 Å². The third-order valence-electron chi connectivity index (χ3n) is 4.88. The first-order valence-corrected chi connectivity index (χ1v) is 9.85. The van der Waals surface area contributed by atoms with Gasteiger partial charge >= 0.3 is 0 Å². The monoisotopic (exact) mass is 413 g/mol. The molecular formula is C25H20FN3O2. The molecule has 1 unspecified atom stereocenters. The lowest BCUT2D eigenvalue weighted by Crippen LogP contribution is -2.45. The number of rotatable bonds is 6. The molecular weight excluding hydrogens is 393 g/mol. The number of carbonyl (C=O) groups excluding carboxylic acids is 2. The number of anilines is 1. The molecule has 6 heteroatoms. The van der Waals surface area contributed by atoms with Crippen molar-refractivity contribution in [2.45, 2.75) is 12.5 Å². The highest BCUT2D eigenvalue weighted by molar-refractivity contribution is 6.05. The summed E-state index contributed by atoms with van der Waals surface area (Å²) < 4.78 is 14.1. The van der Waals surface area contributed by atoms with Gasteiger partial charge < -0.3 is 10.6 Å². The Balaban J connectivity index is 1.61. The summed E-state index contributed by atoms with van der Waals surface area (Å²) in [4.78, 5) is 30.0. The van der Waals surface area contributed by atoms with Gasteiger partial charge in [-0.25, -0.2) is 4.39 Å². The molecule has 0 bridgehead atoms. The maximum atomic E-state index is 14.1. The Bertz CT molecular complexity index is 1210. The highest BCUT2D eigenvalue weighted by atomic mass is 19.1. The number of carbonyl (C=O) groups is 2. The van der Waals surface area contributed by atoms with Gasteiger partial charge in [0.25, 0.3) is 5.91 Å². The van der Waals surface area contributed by atoms with Crippen molar-refractivity contribution in [1.29, 1.82) is 0 Å². The molecule has 3 aromatic carbocycles. The fourth-order valence-corrected chi connectivity index (χ4v) is 3.36. The van der Waals surface area contributed by atoms with Gasteiger partial charge in [-0.3, -0.25) is 14.6 Å². The summed E-state index contributed by atoms with van der Waals surface area (Å²) in [6, 6.07) is 23.3. The summed E-state index contributed by atoms with van der Waals surface area (Å²) in [6.45, 7) is 0. The average Bonchev–Trinajstić information content (AvgIpc) is 2.79. The lowest BCUT2D eigenvalue weighted by atomic mass is 10.0. The van der Waals surface area contributed by atoms with Crippen molar-refractivity contribution in [2.75, 3.05) is 5.32 Å². The summed E-state index contributed by atoms with van der Waals surface area (Å²) >= 11 is 0. The second-order valence-corrected chi connectivity index (χ2v) is 7.09. The van der Waals surface area contributed by atoms with Crippen LogP contribution in [0.25, 0.3) is 10.9 Å². The van der Waals surface area contributed by atoms with E-state index in [1.54, 1.807) is 42.6 Å². The number of nitrogens with zero attached hydrogens (tertiary/aromatic N) is 1. The maximum Gasteiger partial charge on any atom is 0.251 e. The first-order valence-electron chi connectivity index (χ1n) is 9.85. The molecule has 0 aliphatic carbocycles. The summed E-state index contributed by atoms with van der Waals surface area (Å²) in [5, 5.41) is 6.19. The SMILES string of the molecule is O=C(NC(Cc1ccccc1)C(=O)Nc1cc(F)cc2ncccc12)c1ccccc1. The zero-order valence-corrected chi connectivity index (χ0v) is 16.6. The van der Waals surface area contributed by atoms with Crippen molar-refractivity contribution in [2.24, 2.45) is 0 Å². The topological polar surface area (TPSA) is 71.1 Å². The van der Waals surface area contributed by atoms with Crippen molar-refractivity contribution in [3.8, 4) is 0 Å². The first-order chi connectivity index (χ1) is 15.1. The minimum atomic E-state index is -0.856. The molecule has 4 rings (SSSR count). The number of hydrogen-bond acceptors (Lipinski definition) is 3. The number of halogens is 1. The van der Waals surface area contributed by atoms with Crippen LogP contribution in [-0.4, -0.2) is 22.8 Å². The average molecular weight is 413 g/mol. The number of fused-ring (bicyclic) bond motifs is 1. The van der Waals surface area contributed by atoms with Crippen LogP contribution in [0, 0.1) is 5.82 Å². The molecule has 1 atom stereocenters. The standard InChI is InChI=1S/C25H20FN3O2/c26-19-15-21-20(12-7-13-27-21)22(16-19)28-25(31)23(14-17-8-3-1-4-9-17)29-24(30)18-10-5-2-6-11-18/h1-13,15-16,23H,14H2,(H,28,31)(H,29,30). The van der Waals surface area contributed by atoms with Crippen LogP contribution in [0.1, 0.15) is 15.9 Å². The zero-order chi connectivity index (χ0) is 21.6. The van der Waals surface area contributed by atoms with Crippen molar-refractivity contribution in [3.05, 3.63) is 108 Å². The fourth-order valence-electron chi connectivity index (χ4n) is 3.36. The van der Waals surface area contributed by atoms with Gasteiger partial charge in [-0.15, -0.1) is 0 Å². The van der Waals surface area contributed by atoms with Gasteiger partial charge in [0.2, 0.25) is 5.91 Å². The Labute approximate surface area is 178 Å². The number of aromatic nitrogens is 1. The van der Waals surface area contributed by atoms with E-state index in [2.05, 4.69) is 15.6 Å². The molecule has 0 radical (unpaired) electrons. The van der Waals surface area contributed by atoms with E-state index in [4.69, 9.17) is 0 Å². The van der Waals surface area contributed by atoms with Crippen LogP contribution in [-0.2, 0) is 11.2 Å². The van der Waals surface area contributed by atoms with Crippen LogP contribution < -0.4 is 10.6 Å². The molecule has 1 heterocycles. The molecule has 1 aromatic heterocycles. The summed E-state index contributed by atoms with van der Waals surface area (Å²) in [5.74, 6) is -1.30. The molecule has 0 fully saturated rings. The molecule has 0 aliphatic heterocycles. The Morgan fingerprint density at radius 2 is 1.61 bits per heavy atom. The summed E-state index contributed by atoms with van der Waals surface area (Å²) in [5.41, 5.74) is 2.08. The number of nitrogens with one attached hydrogen (secondary N) is 2. The zero-order valence-electron chi connectivity index (χ0n) is 16.6. The van der Waals surface area contributed by atoms with Gasteiger partial charge in [-0.2, -0.15) is 0 Å². The quantitative estimate of drug-likeness (QED) is 0.494.